The van der Waals surface area contributed by atoms with Crippen LogP contribution < -0.4 is 9.47 Å². The average Bonchev–Trinajstić information content (AvgIpc) is 3.55. The van der Waals surface area contributed by atoms with Gasteiger partial charge in [0.25, 0.3) is 0 Å². The molecule has 2 aromatic rings. The first-order valence-corrected chi connectivity index (χ1v) is 12.6. The minimum atomic E-state index is -0.127. The van der Waals surface area contributed by atoms with E-state index in [-0.39, 0.29) is 25.2 Å². The second-order valence-corrected chi connectivity index (χ2v) is 8.69. The summed E-state index contributed by atoms with van der Waals surface area (Å²) in [7, 11) is 0. The van der Waals surface area contributed by atoms with Gasteiger partial charge < -0.3 is 28.4 Å². The summed E-state index contributed by atoms with van der Waals surface area (Å²) in [6.07, 6.45) is 6.85. The van der Waals surface area contributed by atoms with Gasteiger partial charge in [0.15, 0.2) is 11.5 Å². The number of furan rings is 1. The van der Waals surface area contributed by atoms with Crippen LogP contribution in [-0.2, 0) is 27.4 Å². The Morgan fingerprint density at radius 3 is 2.57 bits per heavy atom. The van der Waals surface area contributed by atoms with E-state index in [1.165, 1.54) is 0 Å². The van der Waals surface area contributed by atoms with Crippen molar-refractivity contribution >= 4 is 11.8 Å². The first-order chi connectivity index (χ1) is 17.1. The number of carbonyl (C=O) groups excluding carboxylic acids is 2. The molecule has 0 bridgehead atoms. The summed E-state index contributed by atoms with van der Waals surface area (Å²) in [5.74, 6) is 1.96. The molecule has 8 nitrogen and oxygen atoms in total. The normalized spacial score (nSPS) is 12.1. The van der Waals surface area contributed by atoms with Crippen LogP contribution in [0.3, 0.4) is 0 Å². The summed E-state index contributed by atoms with van der Waals surface area (Å²) in [5, 5.41) is 0. The minimum Gasteiger partial charge on any atom is -0.467 e. The lowest BCUT2D eigenvalue weighted by atomic mass is 10.1. The Labute approximate surface area is 208 Å². The fraction of sp³-hybridized carbons (Fsp3) is 0.556. The zero-order valence-corrected chi connectivity index (χ0v) is 21.0. The fourth-order valence-electron chi connectivity index (χ4n) is 4.00. The number of ether oxygens (including phenoxy) is 3. The predicted molar refractivity (Wildman–Crippen MR) is 132 cm³/mol. The summed E-state index contributed by atoms with van der Waals surface area (Å²) < 4.78 is 21.9. The first-order valence-electron chi connectivity index (χ1n) is 12.6. The number of hydrogen-bond acceptors (Lipinski definition) is 6. The Kier molecular flexibility index (Phi) is 11.0. The summed E-state index contributed by atoms with van der Waals surface area (Å²) >= 11 is 0. The molecule has 35 heavy (non-hydrogen) atoms. The molecule has 0 aliphatic carbocycles. The number of nitrogens with zero attached hydrogens (tertiary/aromatic N) is 2. The van der Waals surface area contributed by atoms with E-state index in [4.69, 9.17) is 18.6 Å². The molecule has 0 spiro atoms. The van der Waals surface area contributed by atoms with Gasteiger partial charge >= 0.3 is 0 Å². The Morgan fingerprint density at radius 2 is 1.80 bits per heavy atom. The van der Waals surface area contributed by atoms with Crippen molar-refractivity contribution in [1.82, 2.24) is 9.80 Å². The zero-order valence-electron chi connectivity index (χ0n) is 21.0. The van der Waals surface area contributed by atoms with E-state index in [2.05, 4.69) is 6.92 Å². The molecular weight excluding hydrogens is 448 g/mol. The van der Waals surface area contributed by atoms with E-state index in [1.807, 2.05) is 31.2 Å². The van der Waals surface area contributed by atoms with Crippen molar-refractivity contribution in [3.63, 3.8) is 0 Å². The topological polar surface area (TPSA) is 81.5 Å². The maximum Gasteiger partial charge on any atom is 0.242 e. The van der Waals surface area contributed by atoms with Gasteiger partial charge in [-0.15, -0.1) is 0 Å². The molecule has 1 aromatic heterocycles. The number of unbranched alkanes of at least 4 members (excludes halogenated alkanes) is 3. The van der Waals surface area contributed by atoms with Crippen molar-refractivity contribution in [2.45, 2.75) is 65.5 Å². The third-order valence-corrected chi connectivity index (χ3v) is 5.93. The molecule has 8 heteroatoms. The zero-order chi connectivity index (χ0) is 24.9. The van der Waals surface area contributed by atoms with E-state index in [1.54, 1.807) is 22.1 Å². The van der Waals surface area contributed by atoms with Crippen LogP contribution >= 0.6 is 0 Å². The minimum absolute atomic E-state index is 0.0204. The summed E-state index contributed by atoms with van der Waals surface area (Å²) in [6.45, 7) is 6.71. The highest BCUT2D eigenvalue weighted by molar-refractivity contribution is 5.84. The van der Waals surface area contributed by atoms with Gasteiger partial charge in [-0.25, -0.2) is 0 Å². The summed E-state index contributed by atoms with van der Waals surface area (Å²) in [5.41, 5.74) is 0.919. The maximum atomic E-state index is 13.5. The Bertz CT molecular complexity index is 914. The van der Waals surface area contributed by atoms with E-state index in [0.717, 1.165) is 31.2 Å². The quantitative estimate of drug-likeness (QED) is 0.318. The van der Waals surface area contributed by atoms with Gasteiger partial charge in [0.1, 0.15) is 5.76 Å². The standard InChI is InChI=1S/C27H38N2O6/c1-3-5-6-7-11-26(30)28(14-9-15-32-4-2)20-27(31)29(19-23-10-8-16-33-23)18-22-12-13-24-25(17-22)35-21-34-24/h8,10,12-13,16-17H,3-7,9,11,14-15,18-21H2,1-2H3. The number of benzene rings is 1. The number of fused-ring (bicyclic) bond motifs is 1. The van der Waals surface area contributed by atoms with Crippen molar-refractivity contribution in [1.29, 1.82) is 0 Å². The molecule has 2 amide bonds. The molecule has 3 rings (SSSR count). The highest BCUT2D eigenvalue weighted by atomic mass is 16.7. The molecule has 1 aliphatic rings. The van der Waals surface area contributed by atoms with Gasteiger partial charge in [-0.3, -0.25) is 9.59 Å². The Balaban J connectivity index is 1.68. The maximum absolute atomic E-state index is 13.5. The van der Waals surface area contributed by atoms with Crippen LogP contribution in [0.4, 0.5) is 0 Å². The summed E-state index contributed by atoms with van der Waals surface area (Å²) in [4.78, 5) is 29.9. The number of rotatable bonds is 16. The van der Waals surface area contributed by atoms with Crippen molar-refractivity contribution in [3.8, 4) is 11.5 Å². The van der Waals surface area contributed by atoms with Gasteiger partial charge in [-0.05, 0) is 49.6 Å². The van der Waals surface area contributed by atoms with Crippen molar-refractivity contribution < 1.29 is 28.2 Å². The van der Waals surface area contributed by atoms with Gasteiger partial charge in [0, 0.05) is 32.7 Å². The third kappa shape index (κ3) is 8.62. The van der Waals surface area contributed by atoms with Gasteiger partial charge in [-0.1, -0.05) is 32.3 Å². The number of carbonyl (C=O) groups is 2. The third-order valence-electron chi connectivity index (χ3n) is 5.93. The highest BCUT2D eigenvalue weighted by Crippen LogP contribution is 2.33. The van der Waals surface area contributed by atoms with Crippen LogP contribution in [-0.4, -0.2) is 54.7 Å². The van der Waals surface area contributed by atoms with Crippen LogP contribution in [0, 0.1) is 0 Å². The lowest BCUT2D eigenvalue weighted by Gasteiger charge is -2.27. The molecule has 0 atom stereocenters. The lowest BCUT2D eigenvalue weighted by Crippen LogP contribution is -2.43. The molecule has 0 unspecified atom stereocenters. The second kappa shape index (κ2) is 14.4. The molecule has 0 fully saturated rings. The Hall–Kier alpha value is -3.00. The monoisotopic (exact) mass is 486 g/mol. The van der Waals surface area contributed by atoms with Crippen molar-refractivity contribution in [2.24, 2.45) is 0 Å². The largest absolute Gasteiger partial charge is 0.467 e. The molecular formula is C27H38N2O6. The van der Waals surface area contributed by atoms with Crippen molar-refractivity contribution in [2.75, 3.05) is 33.1 Å². The van der Waals surface area contributed by atoms with Crippen LogP contribution in [0.15, 0.2) is 41.0 Å². The van der Waals surface area contributed by atoms with E-state index >= 15 is 0 Å². The molecule has 0 N–H and O–H groups in total. The van der Waals surface area contributed by atoms with Crippen LogP contribution in [0.5, 0.6) is 11.5 Å². The molecule has 192 valence electrons. The van der Waals surface area contributed by atoms with E-state index < -0.39 is 0 Å². The molecule has 1 aliphatic heterocycles. The highest BCUT2D eigenvalue weighted by Gasteiger charge is 2.23. The summed E-state index contributed by atoms with van der Waals surface area (Å²) in [6, 6.07) is 9.32. The van der Waals surface area contributed by atoms with Crippen LogP contribution in [0.25, 0.3) is 0 Å². The van der Waals surface area contributed by atoms with E-state index in [9.17, 15) is 9.59 Å². The van der Waals surface area contributed by atoms with Crippen molar-refractivity contribution in [3.05, 3.63) is 47.9 Å². The second-order valence-electron chi connectivity index (χ2n) is 8.69. The van der Waals surface area contributed by atoms with Crippen LogP contribution in [0.1, 0.15) is 63.7 Å². The average molecular weight is 487 g/mol. The molecule has 2 heterocycles. The van der Waals surface area contributed by atoms with Gasteiger partial charge in [-0.2, -0.15) is 0 Å². The number of amides is 2. The lowest BCUT2D eigenvalue weighted by molar-refractivity contribution is -0.141. The van der Waals surface area contributed by atoms with Gasteiger partial charge in [0.05, 0.1) is 19.4 Å². The molecule has 0 radical (unpaired) electrons. The molecule has 1 aromatic carbocycles. The smallest absolute Gasteiger partial charge is 0.242 e. The molecule has 0 saturated heterocycles. The van der Waals surface area contributed by atoms with E-state index in [0.29, 0.717) is 62.9 Å². The predicted octanol–water partition coefficient (Wildman–Crippen LogP) is 4.76. The Morgan fingerprint density at radius 1 is 0.943 bits per heavy atom. The van der Waals surface area contributed by atoms with Crippen LogP contribution in [0.2, 0.25) is 0 Å². The SMILES string of the molecule is CCCCCCC(=O)N(CCCOCC)CC(=O)N(Cc1ccc2c(c1)OCO2)Cc1ccco1. The first kappa shape index (κ1) is 26.6. The number of hydrogen-bond donors (Lipinski definition) is 0. The van der Waals surface area contributed by atoms with Gasteiger partial charge in [0.2, 0.25) is 18.6 Å². The fourth-order valence-corrected chi connectivity index (χ4v) is 4.00. The molecule has 0 saturated carbocycles.